The number of halogens is 1. The van der Waals surface area contributed by atoms with Gasteiger partial charge in [0.2, 0.25) is 0 Å². The lowest BCUT2D eigenvalue weighted by atomic mass is 10.1. The van der Waals surface area contributed by atoms with Gasteiger partial charge < -0.3 is 9.15 Å². The number of ether oxygens (including phenoxy) is 1. The van der Waals surface area contributed by atoms with Gasteiger partial charge >= 0.3 is 0 Å². The minimum absolute atomic E-state index is 0.113. The van der Waals surface area contributed by atoms with Gasteiger partial charge in [0.15, 0.2) is 6.61 Å². The number of furan rings is 1. The Morgan fingerprint density at radius 1 is 1.03 bits per heavy atom. The molecule has 0 aliphatic carbocycles. The lowest BCUT2D eigenvalue weighted by Gasteiger charge is -2.10. The third kappa shape index (κ3) is 5.48. The van der Waals surface area contributed by atoms with E-state index in [1.807, 2.05) is 48.5 Å². The third-order valence-electron chi connectivity index (χ3n) is 4.77. The van der Waals surface area contributed by atoms with Gasteiger partial charge in [0.25, 0.3) is 11.6 Å². The van der Waals surface area contributed by atoms with E-state index >= 15 is 0 Å². The lowest BCUT2D eigenvalue weighted by molar-refractivity contribution is -0.384. The molecule has 0 radical (unpaired) electrons. The molecule has 1 aromatic heterocycles. The first kappa shape index (κ1) is 22.8. The van der Waals surface area contributed by atoms with E-state index in [1.165, 1.54) is 24.4 Å². The van der Waals surface area contributed by atoms with Crippen molar-refractivity contribution in [2.75, 3.05) is 6.61 Å². The Labute approximate surface area is 199 Å². The van der Waals surface area contributed by atoms with E-state index in [0.717, 1.165) is 11.1 Å². The van der Waals surface area contributed by atoms with Crippen LogP contribution >= 0.6 is 11.6 Å². The van der Waals surface area contributed by atoms with Gasteiger partial charge in [-0.2, -0.15) is 5.10 Å². The van der Waals surface area contributed by atoms with E-state index in [2.05, 4.69) is 10.5 Å². The number of carbonyl (C=O) groups is 1. The van der Waals surface area contributed by atoms with Crippen molar-refractivity contribution < 1.29 is 18.9 Å². The molecule has 4 aromatic rings. The van der Waals surface area contributed by atoms with Gasteiger partial charge in [0, 0.05) is 23.3 Å². The molecule has 8 nitrogen and oxygen atoms in total. The molecule has 0 saturated heterocycles. The van der Waals surface area contributed by atoms with E-state index in [4.69, 9.17) is 20.8 Å². The Hall–Kier alpha value is -4.43. The Morgan fingerprint density at radius 2 is 1.79 bits per heavy atom. The normalized spacial score (nSPS) is 10.9. The largest absolute Gasteiger partial charge is 0.483 e. The molecule has 0 aliphatic heterocycles. The highest BCUT2D eigenvalue weighted by molar-refractivity contribution is 6.33. The lowest BCUT2D eigenvalue weighted by Crippen LogP contribution is -2.24. The molecule has 3 aromatic carbocycles. The zero-order chi connectivity index (χ0) is 23.9. The first-order valence-corrected chi connectivity index (χ1v) is 10.5. The molecule has 1 amide bonds. The fourth-order valence-corrected chi connectivity index (χ4v) is 3.44. The van der Waals surface area contributed by atoms with Crippen LogP contribution in [0.4, 0.5) is 5.69 Å². The van der Waals surface area contributed by atoms with Gasteiger partial charge in [-0.15, -0.1) is 0 Å². The number of hydrogen-bond acceptors (Lipinski definition) is 6. The standard InChI is InChI=1S/C25H18ClN3O5/c26-22-14-18(29(31)32)10-12-21(22)24-13-11-19(34-24)15-27-28-25(30)16-33-23-9-5-4-8-20(23)17-6-2-1-3-7-17/h1-15H,16H2,(H,28,30). The van der Waals surface area contributed by atoms with Gasteiger partial charge in [0.05, 0.1) is 16.2 Å². The molecule has 1 N–H and O–H groups in total. The number of nitrogens with one attached hydrogen (secondary N) is 1. The molecule has 0 bridgehead atoms. The number of hydrazone groups is 1. The van der Waals surface area contributed by atoms with Crippen LogP contribution in [0.2, 0.25) is 5.02 Å². The van der Waals surface area contributed by atoms with Crippen molar-refractivity contribution in [1.29, 1.82) is 0 Å². The van der Waals surface area contributed by atoms with E-state index in [-0.39, 0.29) is 17.3 Å². The summed E-state index contributed by atoms with van der Waals surface area (Å²) >= 11 is 6.13. The van der Waals surface area contributed by atoms with E-state index in [9.17, 15) is 14.9 Å². The predicted octanol–water partition coefficient (Wildman–Crippen LogP) is 5.70. The average molecular weight is 476 g/mol. The minimum atomic E-state index is -0.525. The third-order valence-corrected chi connectivity index (χ3v) is 5.08. The van der Waals surface area contributed by atoms with Crippen molar-refractivity contribution in [2.45, 2.75) is 0 Å². The van der Waals surface area contributed by atoms with Crippen LogP contribution in [0.25, 0.3) is 22.5 Å². The molecule has 0 atom stereocenters. The van der Waals surface area contributed by atoms with Gasteiger partial charge in [-0.1, -0.05) is 60.1 Å². The van der Waals surface area contributed by atoms with Crippen molar-refractivity contribution in [3.05, 3.63) is 106 Å². The average Bonchev–Trinajstić information content (AvgIpc) is 3.32. The van der Waals surface area contributed by atoms with Gasteiger partial charge in [-0.05, 0) is 29.8 Å². The molecule has 170 valence electrons. The second-order valence-electron chi connectivity index (χ2n) is 7.07. The number of carbonyl (C=O) groups excluding carboxylic acids is 1. The van der Waals surface area contributed by atoms with Crippen LogP contribution in [-0.2, 0) is 4.79 Å². The highest BCUT2D eigenvalue weighted by Crippen LogP contribution is 2.32. The Kier molecular flexibility index (Phi) is 7.00. The van der Waals surface area contributed by atoms with Crippen molar-refractivity contribution in [1.82, 2.24) is 5.43 Å². The number of nitro benzene ring substituents is 1. The van der Waals surface area contributed by atoms with E-state index in [0.29, 0.717) is 22.8 Å². The minimum Gasteiger partial charge on any atom is -0.483 e. The highest BCUT2D eigenvalue weighted by atomic mass is 35.5. The topological polar surface area (TPSA) is 107 Å². The van der Waals surface area contributed by atoms with E-state index < -0.39 is 10.8 Å². The van der Waals surface area contributed by atoms with Crippen LogP contribution in [0, 0.1) is 10.1 Å². The van der Waals surface area contributed by atoms with Crippen molar-refractivity contribution >= 4 is 29.4 Å². The summed E-state index contributed by atoms with van der Waals surface area (Å²) in [5, 5.41) is 14.9. The summed E-state index contributed by atoms with van der Waals surface area (Å²) in [5.74, 6) is 0.918. The molecule has 4 rings (SSSR count). The van der Waals surface area contributed by atoms with Crippen LogP contribution in [0.1, 0.15) is 5.76 Å². The van der Waals surface area contributed by atoms with Crippen LogP contribution in [-0.4, -0.2) is 23.7 Å². The molecule has 34 heavy (non-hydrogen) atoms. The fraction of sp³-hybridized carbons (Fsp3) is 0.0400. The molecule has 0 aliphatic rings. The van der Waals surface area contributed by atoms with Gasteiger partial charge in [-0.25, -0.2) is 5.43 Å². The summed E-state index contributed by atoms with van der Waals surface area (Å²) in [6.07, 6.45) is 1.33. The maximum atomic E-state index is 12.2. The fourth-order valence-electron chi connectivity index (χ4n) is 3.18. The van der Waals surface area contributed by atoms with Crippen LogP contribution in [0.15, 0.2) is 94.4 Å². The zero-order valence-corrected chi connectivity index (χ0v) is 18.4. The summed E-state index contributed by atoms with van der Waals surface area (Å²) < 4.78 is 11.3. The Morgan fingerprint density at radius 3 is 2.56 bits per heavy atom. The monoisotopic (exact) mass is 475 g/mol. The quantitative estimate of drug-likeness (QED) is 0.200. The number of nitrogens with zero attached hydrogens (tertiary/aromatic N) is 2. The first-order chi connectivity index (χ1) is 16.5. The molecule has 0 fully saturated rings. The Balaban J connectivity index is 1.34. The SMILES string of the molecule is O=C(COc1ccccc1-c1ccccc1)NN=Cc1ccc(-c2ccc([N+](=O)[O-])cc2Cl)o1. The number of amides is 1. The molecule has 9 heteroatoms. The maximum absolute atomic E-state index is 12.2. The van der Waals surface area contributed by atoms with Crippen molar-refractivity contribution in [2.24, 2.45) is 5.10 Å². The van der Waals surface area contributed by atoms with E-state index in [1.54, 1.807) is 18.2 Å². The molecular formula is C25H18ClN3O5. The van der Waals surface area contributed by atoms with Gasteiger partial charge in [-0.3, -0.25) is 14.9 Å². The van der Waals surface area contributed by atoms with Crippen LogP contribution < -0.4 is 10.2 Å². The molecular weight excluding hydrogens is 458 g/mol. The molecule has 0 unspecified atom stereocenters. The summed E-state index contributed by atoms with van der Waals surface area (Å²) in [4.78, 5) is 22.5. The van der Waals surface area contributed by atoms with Gasteiger partial charge in [0.1, 0.15) is 17.3 Å². The smallest absolute Gasteiger partial charge is 0.277 e. The number of hydrogen-bond donors (Lipinski definition) is 1. The second kappa shape index (κ2) is 10.5. The van der Waals surface area contributed by atoms with Crippen LogP contribution in [0.5, 0.6) is 5.75 Å². The zero-order valence-electron chi connectivity index (χ0n) is 17.7. The first-order valence-electron chi connectivity index (χ1n) is 10.1. The number of benzene rings is 3. The maximum Gasteiger partial charge on any atom is 0.277 e. The molecule has 0 spiro atoms. The number of nitro groups is 1. The Bertz CT molecular complexity index is 1350. The number of rotatable bonds is 8. The summed E-state index contributed by atoms with van der Waals surface area (Å²) in [7, 11) is 0. The number of non-ortho nitro benzene ring substituents is 1. The van der Waals surface area contributed by atoms with Crippen molar-refractivity contribution in [3.63, 3.8) is 0 Å². The van der Waals surface area contributed by atoms with Crippen LogP contribution in [0.3, 0.4) is 0 Å². The predicted molar refractivity (Wildman–Crippen MR) is 129 cm³/mol. The summed E-state index contributed by atoms with van der Waals surface area (Å²) in [6, 6.07) is 24.6. The molecule has 0 saturated carbocycles. The molecule has 1 heterocycles. The highest BCUT2D eigenvalue weighted by Gasteiger charge is 2.13. The second-order valence-corrected chi connectivity index (χ2v) is 7.47. The number of para-hydroxylation sites is 1. The van der Waals surface area contributed by atoms with Crippen molar-refractivity contribution in [3.8, 4) is 28.2 Å². The summed E-state index contributed by atoms with van der Waals surface area (Å²) in [6.45, 7) is -0.219. The summed E-state index contributed by atoms with van der Waals surface area (Å²) in [5.41, 5.74) is 4.64.